The highest BCUT2D eigenvalue weighted by atomic mass is 19.1. The minimum absolute atomic E-state index is 0.158. The first kappa shape index (κ1) is 21.4. The van der Waals surface area contributed by atoms with Gasteiger partial charge in [0.25, 0.3) is 0 Å². The Morgan fingerprint density at radius 1 is 0.963 bits per heavy atom. The molecule has 3 heteroatoms. The van der Waals surface area contributed by atoms with Gasteiger partial charge in [0.15, 0.2) is 11.6 Å². The Morgan fingerprint density at radius 3 is 2.37 bits per heavy atom. The summed E-state index contributed by atoms with van der Waals surface area (Å²) >= 11 is 0. The van der Waals surface area contributed by atoms with Crippen molar-refractivity contribution < 1.29 is 14.2 Å². The highest BCUT2D eigenvalue weighted by Crippen LogP contribution is 2.23. The van der Waals surface area contributed by atoms with Crippen molar-refractivity contribution in [2.75, 3.05) is 6.61 Å². The minimum Gasteiger partial charge on any atom is -0.491 e. The van der Waals surface area contributed by atoms with Gasteiger partial charge in [0.1, 0.15) is 0 Å². The van der Waals surface area contributed by atoms with Crippen LogP contribution < -0.4 is 4.74 Å². The fourth-order valence-corrected chi connectivity index (χ4v) is 3.42. The molecule has 0 unspecified atom stereocenters. The first-order valence-corrected chi connectivity index (χ1v) is 10.1. The van der Waals surface area contributed by atoms with Gasteiger partial charge in [-0.1, -0.05) is 50.5 Å². The van der Waals surface area contributed by atoms with E-state index in [1.165, 1.54) is 42.0 Å². The monoisotopic (exact) mass is 372 g/mol. The summed E-state index contributed by atoms with van der Waals surface area (Å²) in [6.45, 7) is 6.91. The maximum Gasteiger partial charge on any atom is 0.165 e. The molecule has 0 spiro atoms. The van der Waals surface area contributed by atoms with Crippen LogP contribution in [-0.4, -0.2) is 11.7 Å². The number of halogens is 1. The predicted molar refractivity (Wildman–Crippen MR) is 110 cm³/mol. The van der Waals surface area contributed by atoms with Gasteiger partial charge in [0.2, 0.25) is 0 Å². The highest BCUT2D eigenvalue weighted by Gasteiger charge is 2.11. The molecular weight excluding hydrogens is 339 g/mol. The Labute approximate surface area is 163 Å². The van der Waals surface area contributed by atoms with Crippen molar-refractivity contribution in [2.45, 2.75) is 65.9 Å². The lowest BCUT2D eigenvalue weighted by Crippen LogP contribution is -2.08. The second-order valence-electron chi connectivity index (χ2n) is 7.54. The molecule has 0 aliphatic heterocycles. The minimum atomic E-state index is -0.404. The van der Waals surface area contributed by atoms with Gasteiger partial charge in [-0.2, -0.15) is 0 Å². The fourth-order valence-electron chi connectivity index (χ4n) is 3.42. The SMILES string of the molecule is CCCC[C@H](CCCOc1ccc(CO)cc1F)Cc1ccc(C)c(C)c1. The summed E-state index contributed by atoms with van der Waals surface area (Å²) in [5.74, 6) is 0.503. The van der Waals surface area contributed by atoms with Crippen LogP contribution in [-0.2, 0) is 13.0 Å². The number of aliphatic hydroxyl groups is 1. The average Bonchev–Trinajstić information content (AvgIpc) is 2.66. The number of unbranched alkanes of at least 4 members (excludes halogenated alkanes) is 1. The van der Waals surface area contributed by atoms with Crippen LogP contribution in [0.3, 0.4) is 0 Å². The second kappa shape index (κ2) is 11.1. The van der Waals surface area contributed by atoms with E-state index in [9.17, 15) is 4.39 Å². The second-order valence-corrected chi connectivity index (χ2v) is 7.54. The molecule has 2 rings (SSSR count). The van der Waals surface area contributed by atoms with E-state index in [0.29, 0.717) is 18.1 Å². The number of hydrogen-bond donors (Lipinski definition) is 1. The van der Waals surface area contributed by atoms with Crippen molar-refractivity contribution in [3.8, 4) is 5.75 Å². The Hall–Kier alpha value is -1.87. The number of aryl methyl sites for hydroxylation is 2. The molecule has 2 aromatic carbocycles. The molecule has 0 radical (unpaired) electrons. The van der Waals surface area contributed by atoms with E-state index in [-0.39, 0.29) is 12.4 Å². The molecular formula is C24H33FO2. The molecule has 0 heterocycles. The Kier molecular flexibility index (Phi) is 8.80. The van der Waals surface area contributed by atoms with Crippen molar-refractivity contribution in [3.05, 3.63) is 64.5 Å². The van der Waals surface area contributed by atoms with Crippen LogP contribution in [0.4, 0.5) is 4.39 Å². The summed E-state index contributed by atoms with van der Waals surface area (Å²) in [5.41, 5.74) is 4.66. The maximum atomic E-state index is 13.9. The summed E-state index contributed by atoms with van der Waals surface area (Å²) in [6.07, 6.45) is 6.78. The van der Waals surface area contributed by atoms with Crippen molar-refractivity contribution in [3.63, 3.8) is 0 Å². The zero-order valence-corrected chi connectivity index (χ0v) is 16.9. The summed E-state index contributed by atoms with van der Waals surface area (Å²) in [7, 11) is 0. The van der Waals surface area contributed by atoms with Crippen LogP contribution in [0.1, 0.15) is 61.3 Å². The van der Waals surface area contributed by atoms with Crippen LogP contribution in [0.25, 0.3) is 0 Å². The molecule has 2 aromatic rings. The molecule has 0 fully saturated rings. The smallest absolute Gasteiger partial charge is 0.165 e. The number of ether oxygens (including phenoxy) is 1. The number of aliphatic hydroxyl groups excluding tert-OH is 1. The van der Waals surface area contributed by atoms with Gasteiger partial charge in [-0.05, 0) is 73.4 Å². The third-order valence-electron chi connectivity index (χ3n) is 5.25. The van der Waals surface area contributed by atoms with Gasteiger partial charge in [-0.3, -0.25) is 0 Å². The van der Waals surface area contributed by atoms with Gasteiger partial charge in [-0.15, -0.1) is 0 Å². The van der Waals surface area contributed by atoms with Gasteiger partial charge < -0.3 is 9.84 Å². The third kappa shape index (κ3) is 6.99. The van der Waals surface area contributed by atoms with E-state index in [1.54, 1.807) is 12.1 Å². The van der Waals surface area contributed by atoms with E-state index in [4.69, 9.17) is 9.84 Å². The Balaban J connectivity index is 1.85. The molecule has 0 saturated heterocycles. The van der Waals surface area contributed by atoms with Crippen molar-refractivity contribution in [1.82, 2.24) is 0 Å². The zero-order valence-electron chi connectivity index (χ0n) is 16.9. The first-order valence-electron chi connectivity index (χ1n) is 10.1. The predicted octanol–water partition coefficient (Wildman–Crippen LogP) is 6.14. The molecule has 0 aliphatic rings. The van der Waals surface area contributed by atoms with Crippen LogP contribution >= 0.6 is 0 Å². The van der Waals surface area contributed by atoms with E-state index in [2.05, 4.69) is 39.0 Å². The fraction of sp³-hybridized carbons (Fsp3) is 0.500. The number of hydrogen-bond acceptors (Lipinski definition) is 2. The lowest BCUT2D eigenvalue weighted by molar-refractivity contribution is 0.270. The van der Waals surface area contributed by atoms with E-state index < -0.39 is 5.82 Å². The standard InChI is InChI=1S/C24H33FO2/c1-4-5-7-20(15-21-10-9-18(2)19(3)14-21)8-6-13-27-24-12-11-22(17-26)16-23(24)25/h9-12,14,16,20,26H,4-8,13,15,17H2,1-3H3/t20-/m1/s1. The number of benzene rings is 2. The summed E-state index contributed by atoms with van der Waals surface area (Å²) in [5, 5.41) is 9.04. The van der Waals surface area contributed by atoms with Gasteiger partial charge in [0.05, 0.1) is 13.2 Å². The molecule has 148 valence electrons. The lowest BCUT2D eigenvalue weighted by Gasteiger charge is -2.18. The average molecular weight is 373 g/mol. The quantitative estimate of drug-likeness (QED) is 0.480. The normalized spacial score (nSPS) is 12.2. The highest BCUT2D eigenvalue weighted by molar-refractivity contribution is 5.30. The van der Waals surface area contributed by atoms with Crippen LogP contribution in [0, 0.1) is 25.6 Å². The van der Waals surface area contributed by atoms with E-state index in [1.807, 2.05) is 0 Å². The largest absolute Gasteiger partial charge is 0.491 e. The molecule has 1 atom stereocenters. The summed E-state index contributed by atoms with van der Waals surface area (Å²) in [4.78, 5) is 0. The van der Waals surface area contributed by atoms with Gasteiger partial charge in [-0.25, -0.2) is 4.39 Å². The molecule has 0 saturated carbocycles. The molecule has 1 N–H and O–H groups in total. The Bertz CT molecular complexity index is 712. The van der Waals surface area contributed by atoms with E-state index >= 15 is 0 Å². The third-order valence-corrected chi connectivity index (χ3v) is 5.25. The maximum absolute atomic E-state index is 13.9. The molecule has 2 nitrogen and oxygen atoms in total. The zero-order chi connectivity index (χ0) is 19.6. The molecule has 0 amide bonds. The van der Waals surface area contributed by atoms with Gasteiger partial charge in [0, 0.05) is 0 Å². The molecule has 27 heavy (non-hydrogen) atoms. The first-order chi connectivity index (χ1) is 13.0. The van der Waals surface area contributed by atoms with Crippen LogP contribution in [0.2, 0.25) is 0 Å². The summed E-state index contributed by atoms with van der Waals surface area (Å²) in [6, 6.07) is 11.4. The topological polar surface area (TPSA) is 29.5 Å². The molecule has 0 aromatic heterocycles. The van der Waals surface area contributed by atoms with E-state index in [0.717, 1.165) is 19.3 Å². The van der Waals surface area contributed by atoms with Crippen molar-refractivity contribution in [1.29, 1.82) is 0 Å². The molecule has 0 bridgehead atoms. The van der Waals surface area contributed by atoms with Crippen molar-refractivity contribution in [2.24, 2.45) is 5.92 Å². The summed E-state index contributed by atoms with van der Waals surface area (Å²) < 4.78 is 19.5. The van der Waals surface area contributed by atoms with Gasteiger partial charge >= 0.3 is 0 Å². The number of rotatable bonds is 11. The lowest BCUT2D eigenvalue weighted by atomic mass is 9.89. The molecule has 0 aliphatic carbocycles. The van der Waals surface area contributed by atoms with Crippen molar-refractivity contribution >= 4 is 0 Å². The van der Waals surface area contributed by atoms with Crippen LogP contribution in [0.15, 0.2) is 36.4 Å². The Morgan fingerprint density at radius 2 is 1.70 bits per heavy atom. The van der Waals surface area contributed by atoms with Crippen LogP contribution in [0.5, 0.6) is 5.75 Å².